The molecule has 0 unspecified atom stereocenters. The molecule has 0 radical (unpaired) electrons. The number of ketones is 1. The fourth-order valence-electron chi connectivity index (χ4n) is 3.10. The molecule has 0 amide bonds. The number of allylic oxidation sites excluding steroid dienone is 1. The van der Waals surface area contributed by atoms with Gasteiger partial charge in [0.1, 0.15) is 11.5 Å². The fraction of sp³-hybridized carbons (Fsp3) is 0.120. The van der Waals surface area contributed by atoms with Gasteiger partial charge in [0.25, 0.3) is 0 Å². The molecular formula is C25H20O4. The van der Waals surface area contributed by atoms with E-state index in [1.54, 1.807) is 48.5 Å². The molecule has 1 heterocycles. The van der Waals surface area contributed by atoms with Crippen molar-refractivity contribution in [3.63, 3.8) is 0 Å². The molecule has 4 heteroatoms. The number of esters is 1. The summed E-state index contributed by atoms with van der Waals surface area (Å²) < 4.78 is 11.1. The topological polar surface area (TPSA) is 52.6 Å². The summed E-state index contributed by atoms with van der Waals surface area (Å²) in [5.41, 5.74) is 3.03. The van der Waals surface area contributed by atoms with E-state index in [0.29, 0.717) is 28.5 Å². The van der Waals surface area contributed by atoms with Crippen LogP contribution in [0.5, 0.6) is 11.5 Å². The van der Waals surface area contributed by atoms with Crippen LogP contribution >= 0.6 is 0 Å². The van der Waals surface area contributed by atoms with Crippen molar-refractivity contribution in [2.45, 2.75) is 19.8 Å². The van der Waals surface area contributed by atoms with Crippen LogP contribution in [-0.4, -0.2) is 11.8 Å². The van der Waals surface area contributed by atoms with Gasteiger partial charge >= 0.3 is 5.97 Å². The number of Topliss-reactive ketones (excluding diaryl/α,β-unsaturated/α-hetero) is 1. The second-order valence-corrected chi connectivity index (χ2v) is 7.17. The van der Waals surface area contributed by atoms with Gasteiger partial charge in [-0.15, -0.1) is 0 Å². The van der Waals surface area contributed by atoms with Crippen LogP contribution in [0.25, 0.3) is 6.08 Å². The minimum atomic E-state index is -0.462. The summed E-state index contributed by atoms with van der Waals surface area (Å²) in [6.07, 6.45) is 1.72. The Morgan fingerprint density at radius 1 is 0.966 bits per heavy atom. The predicted octanol–water partition coefficient (Wildman–Crippen LogP) is 5.65. The summed E-state index contributed by atoms with van der Waals surface area (Å²) in [4.78, 5) is 24.8. The van der Waals surface area contributed by atoms with Crippen molar-refractivity contribution in [2.75, 3.05) is 0 Å². The molecule has 0 aromatic heterocycles. The molecule has 3 aromatic carbocycles. The molecule has 0 saturated heterocycles. The lowest BCUT2D eigenvalue weighted by atomic mass is 10.0. The molecule has 0 fully saturated rings. The number of hydrogen-bond acceptors (Lipinski definition) is 4. The SMILES string of the molecule is CC(C)c1ccc(C=C2Oc3cc(OC(=O)c4ccccc4)ccc3C2=O)cc1. The lowest BCUT2D eigenvalue weighted by molar-refractivity contribution is 0.0734. The van der Waals surface area contributed by atoms with Gasteiger partial charge in [0, 0.05) is 6.07 Å². The number of carbonyl (C=O) groups excluding carboxylic acids is 2. The Hall–Kier alpha value is -3.66. The first-order chi connectivity index (χ1) is 14.0. The third-order valence-corrected chi connectivity index (χ3v) is 4.76. The maximum atomic E-state index is 12.6. The summed E-state index contributed by atoms with van der Waals surface area (Å²) in [6.45, 7) is 4.27. The molecule has 4 rings (SSSR count). The standard InChI is InChI=1S/C25H20O4/c1-16(2)18-10-8-17(9-11-18)14-23-24(26)21-13-12-20(15-22(21)29-23)28-25(27)19-6-4-3-5-7-19/h3-16H,1-2H3. The Labute approximate surface area is 169 Å². The molecule has 0 saturated carbocycles. The zero-order chi connectivity index (χ0) is 20.4. The van der Waals surface area contributed by atoms with E-state index in [2.05, 4.69) is 13.8 Å². The Morgan fingerprint density at radius 2 is 1.69 bits per heavy atom. The summed E-state index contributed by atoms with van der Waals surface area (Å²) in [5, 5.41) is 0. The lowest BCUT2D eigenvalue weighted by Gasteiger charge is -2.06. The molecule has 3 aromatic rings. The maximum Gasteiger partial charge on any atom is 0.343 e. The molecule has 4 nitrogen and oxygen atoms in total. The number of benzene rings is 3. The van der Waals surface area contributed by atoms with Gasteiger partial charge < -0.3 is 9.47 Å². The fourth-order valence-corrected chi connectivity index (χ4v) is 3.10. The van der Waals surface area contributed by atoms with E-state index < -0.39 is 5.97 Å². The predicted molar refractivity (Wildman–Crippen MR) is 111 cm³/mol. The molecule has 0 N–H and O–H groups in total. The first kappa shape index (κ1) is 18.7. The van der Waals surface area contributed by atoms with Gasteiger partial charge in [0.15, 0.2) is 5.76 Å². The van der Waals surface area contributed by atoms with Crippen LogP contribution in [0.4, 0.5) is 0 Å². The quantitative estimate of drug-likeness (QED) is 0.332. The van der Waals surface area contributed by atoms with E-state index in [9.17, 15) is 9.59 Å². The minimum absolute atomic E-state index is 0.186. The monoisotopic (exact) mass is 384 g/mol. The molecule has 29 heavy (non-hydrogen) atoms. The summed E-state index contributed by atoms with van der Waals surface area (Å²) in [5.74, 6) is 0.766. The van der Waals surface area contributed by atoms with Crippen molar-refractivity contribution in [3.8, 4) is 11.5 Å². The highest BCUT2D eigenvalue weighted by molar-refractivity contribution is 6.14. The average Bonchev–Trinajstić information content (AvgIpc) is 3.03. The third-order valence-electron chi connectivity index (χ3n) is 4.76. The minimum Gasteiger partial charge on any atom is -0.452 e. The molecule has 144 valence electrons. The summed E-state index contributed by atoms with van der Waals surface area (Å²) >= 11 is 0. The average molecular weight is 384 g/mol. The first-order valence-corrected chi connectivity index (χ1v) is 9.47. The number of carbonyl (C=O) groups is 2. The van der Waals surface area contributed by atoms with E-state index in [0.717, 1.165) is 5.56 Å². The third kappa shape index (κ3) is 3.97. The van der Waals surface area contributed by atoms with E-state index >= 15 is 0 Å². The zero-order valence-corrected chi connectivity index (χ0v) is 16.2. The van der Waals surface area contributed by atoms with Gasteiger partial charge in [-0.1, -0.05) is 56.3 Å². The second-order valence-electron chi connectivity index (χ2n) is 7.17. The van der Waals surface area contributed by atoms with Gasteiger partial charge in [0.05, 0.1) is 11.1 Å². The van der Waals surface area contributed by atoms with Crippen molar-refractivity contribution >= 4 is 17.8 Å². The zero-order valence-electron chi connectivity index (χ0n) is 16.2. The van der Waals surface area contributed by atoms with Crippen molar-refractivity contribution in [3.05, 3.63) is 101 Å². The van der Waals surface area contributed by atoms with Gasteiger partial charge in [-0.05, 0) is 47.4 Å². The first-order valence-electron chi connectivity index (χ1n) is 9.47. The Morgan fingerprint density at radius 3 is 2.38 bits per heavy atom. The number of ether oxygens (including phenoxy) is 2. The van der Waals surface area contributed by atoms with E-state index in [4.69, 9.17) is 9.47 Å². The van der Waals surface area contributed by atoms with E-state index in [1.807, 2.05) is 30.3 Å². The molecule has 0 bridgehead atoms. The van der Waals surface area contributed by atoms with Gasteiger partial charge in [-0.2, -0.15) is 0 Å². The highest BCUT2D eigenvalue weighted by Gasteiger charge is 2.28. The summed E-state index contributed by atoms with van der Waals surface area (Å²) in [6, 6.07) is 21.5. The van der Waals surface area contributed by atoms with Gasteiger partial charge in [-0.3, -0.25) is 4.79 Å². The number of rotatable bonds is 4. The Bertz CT molecular complexity index is 1090. The Balaban J connectivity index is 1.53. The summed E-state index contributed by atoms with van der Waals surface area (Å²) in [7, 11) is 0. The second kappa shape index (κ2) is 7.76. The molecule has 0 aliphatic carbocycles. The Kier molecular flexibility index (Phi) is 5.00. The van der Waals surface area contributed by atoms with Gasteiger partial charge in [0.2, 0.25) is 5.78 Å². The van der Waals surface area contributed by atoms with Crippen LogP contribution in [0.1, 0.15) is 51.6 Å². The number of hydrogen-bond donors (Lipinski definition) is 0. The van der Waals surface area contributed by atoms with E-state index in [1.165, 1.54) is 5.56 Å². The molecule has 1 aliphatic heterocycles. The maximum absolute atomic E-state index is 12.6. The number of fused-ring (bicyclic) bond motifs is 1. The normalized spacial score (nSPS) is 14.0. The highest BCUT2D eigenvalue weighted by atomic mass is 16.5. The van der Waals surface area contributed by atoms with Gasteiger partial charge in [-0.25, -0.2) is 4.79 Å². The van der Waals surface area contributed by atoms with Crippen molar-refractivity contribution < 1.29 is 19.1 Å². The largest absolute Gasteiger partial charge is 0.452 e. The van der Waals surface area contributed by atoms with Crippen LogP contribution < -0.4 is 9.47 Å². The van der Waals surface area contributed by atoms with Crippen molar-refractivity contribution in [1.82, 2.24) is 0 Å². The van der Waals surface area contributed by atoms with Crippen LogP contribution in [-0.2, 0) is 0 Å². The van der Waals surface area contributed by atoms with Crippen LogP contribution in [0.15, 0.2) is 78.6 Å². The smallest absolute Gasteiger partial charge is 0.343 e. The van der Waals surface area contributed by atoms with Crippen LogP contribution in [0.3, 0.4) is 0 Å². The van der Waals surface area contributed by atoms with Crippen molar-refractivity contribution in [2.24, 2.45) is 0 Å². The van der Waals surface area contributed by atoms with Crippen LogP contribution in [0, 0.1) is 0 Å². The molecule has 0 spiro atoms. The lowest BCUT2D eigenvalue weighted by Crippen LogP contribution is -2.08. The molecule has 1 aliphatic rings. The van der Waals surface area contributed by atoms with Crippen molar-refractivity contribution in [1.29, 1.82) is 0 Å². The highest BCUT2D eigenvalue weighted by Crippen LogP contribution is 2.35. The van der Waals surface area contributed by atoms with Crippen LogP contribution in [0.2, 0.25) is 0 Å². The van der Waals surface area contributed by atoms with E-state index in [-0.39, 0.29) is 11.5 Å². The molecular weight excluding hydrogens is 364 g/mol. The molecule has 0 atom stereocenters.